The zero-order valence-corrected chi connectivity index (χ0v) is 4.64. The normalized spacial score (nSPS) is 9.12. The van der Waals surface area contributed by atoms with Crippen LogP contribution >= 0.6 is 0 Å². The Kier molecular flexibility index (Phi) is 2.89. The van der Waals surface area contributed by atoms with Crippen LogP contribution in [0.3, 0.4) is 0 Å². The molecule has 7 heteroatoms. The van der Waals surface area contributed by atoms with Gasteiger partial charge in [-0.25, -0.2) is 13.2 Å². The van der Waals surface area contributed by atoms with Crippen molar-refractivity contribution in [3.63, 3.8) is 0 Å². The number of urea groups is 1. The maximum absolute atomic E-state index is 9.68. The van der Waals surface area contributed by atoms with Crippen molar-refractivity contribution >= 4 is 16.9 Å². The molecule has 2 amide bonds. The molecule has 0 heterocycles. The Bertz CT molecular complexity index is 143. The van der Waals surface area contributed by atoms with Crippen LogP contribution in [-0.4, -0.2) is 14.4 Å². The van der Waals surface area contributed by atoms with Crippen LogP contribution in [0.4, 0.5) is 4.79 Å². The number of primary amides is 1. The Labute approximate surface area is 47.1 Å². The highest BCUT2D eigenvalue weighted by Gasteiger charge is 1.85. The minimum Gasteiger partial charge on any atom is -0.351 e. The van der Waals surface area contributed by atoms with Crippen LogP contribution in [-0.2, 0) is 10.9 Å². The first-order valence-corrected chi connectivity index (χ1v) is 2.76. The monoisotopic (exact) mass is 139 g/mol. The third-order valence-corrected chi connectivity index (χ3v) is 0.565. The van der Waals surface area contributed by atoms with Crippen LogP contribution in [0.1, 0.15) is 0 Å². The van der Waals surface area contributed by atoms with E-state index in [-0.39, 0.29) is 0 Å². The highest BCUT2D eigenvalue weighted by atomic mass is 32.2. The van der Waals surface area contributed by atoms with Gasteiger partial charge in [0.2, 0.25) is 10.9 Å². The number of hydrazine groups is 1. The Hall–Kier alpha value is -0.820. The number of nitrogens with one attached hydrogen (secondary N) is 2. The van der Waals surface area contributed by atoms with E-state index in [9.17, 15) is 13.2 Å². The van der Waals surface area contributed by atoms with Crippen LogP contribution in [0, 0.1) is 0 Å². The minimum absolute atomic E-state index is 0.941. The van der Waals surface area contributed by atoms with E-state index in [1.807, 2.05) is 0 Å². The lowest BCUT2D eigenvalue weighted by atomic mass is 11.2. The summed E-state index contributed by atoms with van der Waals surface area (Å²) >= 11 is 0. The average molecular weight is 139 g/mol. The van der Waals surface area contributed by atoms with Crippen LogP contribution in [0.5, 0.6) is 0 Å². The number of hydrogen-bond donors (Lipinski definition) is 4. The molecule has 0 atom stereocenters. The minimum atomic E-state index is -2.79. The second-order valence-electron chi connectivity index (χ2n) is 0.858. The fraction of sp³-hybridized carbons (Fsp3) is 0. The van der Waals surface area contributed by atoms with Crippen molar-refractivity contribution in [2.45, 2.75) is 0 Å². The summed E-state index contributed by atoms with van der Waals surface area (Å²) < 4.78 is 19.1. The summed E-state index contributed by atoms with van der Waals surface area (Å²) in [5, 5.41) is 0. The first-order valence-electron chi connectivity index (χ1n) is 1.58. The van der Waals surface area contributed by atoms with E-state index in [2.05, 4.69) is 5.73 Å². The van der Waals surface area contributed by atoms with Gasteiger partial charge < -0.3 is 5.73 Å². The van der Waals surface area contributed by atoms with E-state index in [1.165, 1.54) is 0 Å². The highest BCUT2D eigenvalue weighted by Crippen LogP contribution is 1.46. The molecule has 0 fully saturated rings. The van der Waals surface area contributed by atoms with Gasteiger partial charge in [-0.2, -0.15) is 0 Å². The SMILES string of the molecule is NC(=O)NN[SH](=O)=O. The lowest BCUT2D eigenvalue weighted by molar-refractivity contribution is 0.247. The number of carbonyl (C=O) groups excluding carboxylic acids is 1. The van der Waals surface area contributed by atoms with Crippen LogP contribution in [0.25, 0.3) is 0 Å². The number of rotatable bonds is 2. The van der Waals surface area contributed by atoms with Crippen LogP contribution < -0.4 is 16.0 Å². The number of hydrogen-bond acceptors (Lipinski definition) is 3. The Morgan fingerprint density at radius 2 is 2.00 bits per heavy atom. The molecule has 48 valence electrons. The standard InChI is InChI=1S/CH5N3O3S/c2-1(5)3-4-8(6)7/h8H,(H3,2,3,5)(H,4,6,7). The molecule has 0 unspecified atom stereocenters. The molecule has 0 saturated carbocycles. The van der Waals surface area contributed by atoms with Gasteiger partial charge in [-0.15, -0.1) is 4.83 Å². The summed E-state index contributed by atoms with van der Waals surface area (Å²) in [6.07, 6.45) is 0. The Morgan fingerprint density at radius 1 is 1.50 bits per heavy atom. The third kappa shape index (κ3) is 5.18. The zero-order valence-electron chi connectivity index (χ0n) is 3.75. The molecular formula is CH5N3O3S. The van der Waals surface area contributed by atoms with E-state index in [0.717, 1.165) is 0 Å². The molecule has 6 nitrogen and oxygen atoms in total. The van der Waals surface area contributed by atoms with Gasteiger partial charge in [-0.3, -0.25) is 5.43 Å². The van der Waals surface area contributed by atoms with Gasteiger partial charge in [-0.05, 0) is 0 Å². The van der Waals surface area contributed by atoms with Crippen molar-refractivity contribution in [2.75, 3.05) is 0 Å². The van der Waals surface area contributed by atoms with Gasteiger partial charge in [0.05, 0.1) is 0 Å². The van der Waals surface area contributed by atoms with E-state index in [1.54, 1.807) is 10.3 Å². The number of carbonyl (C=O) groups is 1. The molecular weight excluding hydrogens is 134 g/mol. The molecule has 0 aliphatic heterocycles. The van der Waals surface area contributed by atoms with Crippen molar-refractivity contribution < 1.29 is 13.2 Å². The third-order valence-electron chi connectivity index (χ3n) is 0.270. The van der Waals surface area contributed by atoms with Crippen molar-refractivity contribution in [1.29, 1.82) is 0 Å². The second-order valence-corrected chi connectivity index (χ2v) is 1.60. The summed E-state index contributed by atoms with van der Waals surface area (Å²) in [5.41, 5.74) is 6.10. The summed E-state index contributed by atoms with van der Waals surface area (Å²) in [6.45, 7) is 0. The Morgan fingerprint density at radius 3 is 2.12 bits per heavy atom. The number of thiol groups is 1. The number of nitrogens with two attached hydrogens (primary N) is 1. The molecule has 0 rings (SSSR count). The van der Waals surface area contributed by atoms with Gasteiger partial charge in [0, 0.05) is 0 Å². The first kappa shape index (κ1) is 7.18. The average Bonchev–Trinajstić information content (AvgIpc) is 1.61. The van der Waals surface area contributed by atoms with E-state index in [0.29, 0.717) is 0 Å². The lowest BCUT2D eigenvalue weighted by Gasteiger charge is -1.91. The molecule has 0 radical (unpaired) electrons. The predicted octanol–water partition coefficient (Wildman–Crippen LogP) is -2.31. The molecule has 0 spiro atoms. The van der Waals surface area contributed by atoms with Gasteiger partial charge in [0.25, 0.3) is 0 Å². The fourth-order valence-electron chi connectivity index (χ4n) is 0.101. The van der Waals surface area contributed by atoms with Crippen molar-refractivity contribution in [1.82, 2.24) is 10.3 Å². The van der Waals surface area contributed by atoms with Gasteiger partial charge in [0.1, 0.15) is 0 Å². The molecule has 0 aromatic carbocycles. The van der Waals surface area contributed by atoms with Crippen molar-refractivity contribution in [3.05, 3.63) is 0 Å². The molecule has 0 aromatic rings. The second kappa shape index (κ2) is 3.22. The smallest absolute Gasteiger partial charge is 0.327 e. The first-order chi connectivity index (χ1) is 3.63. The van der Waals surface area contributed by atoms with Crippen LogP contribution in [0.2, 0.25) is 0 Å². The molecule has 0 aromatic heterocycles. The maximum atomic E-state index is 9.68. The van der Waals surface area contributed by atoms with Crippen LogP contribution in [0.15, 0.2) is 0 Å². The zero-order chi connectivity index (χ0) is 6.57. The van der Waals surface area contributed by atoms with E-state index >= 15 is 0 Å². The van der Waals surface area contributed by atoms with Gasteiger partial charge >= 0.3 is 6.03 Å². The van der Waals surface area contributed by atoms with Gasteiger partial charge in [-0.1, -0.05) is 0 Å². The maximum Gasteiger partial charge on any atom is 0.327 e. The predicted molar refractivity (Wildman–Crippen MR) is 26.2 cm³/mol. The summed E-state index contributed by atoms with van der Waals surface area (Å²) in [6, 6.07) is -0.941. The van der Waals surface area contributed by atoms with E-state index < -0.39 is 16.9 Å². The molecule has 0 aliphatic carbocycles. The lowest BCUT2D eigenvalue weighted by Crippen LogP contribution is -2.39. The summed E-state index contributed by atoms with van der Waals surface area (Å²) in [7, 11) is -2.79. The van der Waals surface area contributed by atoms with Gasteiger partial charge in [0.15, 0.2) is 0 Å². The highest BCUT2D eigenvalue weighted by molar-refractivity contribution is 7.70. The van der Waals surface area contributed by atoms with Crippen molar-refractivity contribution in [2.24, 2.45) is 5.73 Å². The molecule has 0 aliphatic rings. The molecule has 8 heavy (non-hydrogen) atoms. The fourth-order valence-corrected chi connectivity index (χ4v) is 0.302. The quantitative estimate of drug-likeness (QED) is 0.255. The summed E-state index contributed by atoms with van der Waals surface area (Å²) in [5.74, 6) is 0. The molecule has 4 N–H and O–H groups in total. The topological polar surface area (TPSA) is 101 Å². The number of amides is 2. The van der Waals surface area contributed by atoms with E-state index in [4.69, 9.17) is 0 Å². The summed E-state index contributed by atoms with van der Waals surface area (Å²) in [4.78, 5) is 11.3. The molecule has 0 saturated heterocycles. The Balaban J connectivity index is 3.32. The van der Waals surface area contributed by atoms with Crippen molar-refractivity contribution in [3.8, 4) is 0 Å². The largest absolute Gasteiger partial charge is 0.351 e. The molecule has 0 bridgehead atoms.